The number of aromatic nitrogens is 3. The Morgan fingerprint density at radius 3 is 2.86 bits per heavy atom. The number of hydrogen-bond acceptors (Lipinski definition) is 7. The van der Waals surface area contributed by atoms with E-state index in [1.807, 2.05) is 11.0 Å². The van der Waals surface area contributed by atoms with Crippen LogP contribution in [-0.2, 0) is 4.74 Å². The summed E-state index contributed by atoms with van der Waals surface area (Å²) in [7, 11) is 0. The molecule has 0 aliphatic carbocycles. The topological polar surface area (TPSA) is 80.4 Å². The summed E-state index contributed by atoms with van der Waals surface area (Å²) in [5, 5.41) is 0.377. The molecule has 0 saturated carbocycles. The van der Waals surface area contributed by atoms with Crippen molar-refractivity contribution in [2.45, 2.75) is 31.9 Å². The Morgan fingerprint density at radius 1 is 1.36 bits per heavy atom. The molecule has 150 valence electrons. The van der Waals surface area contributed by atoms with Gasteiger partial charge in [0, 0.05) is 37.5 Å². The zero-order chi connectivity index (χ0) is 19.7. The lowest BCUT2D eigenvalue weighted by Gasteiger charge is -2.29. The molecule has 28 heavy (non-hydrogen) atoms. The van der Waals surface area contributed by atoms with E-state index in [9.17, 15) is 4.39 Å². The fourth-order valence-electron chi connectivity index (χ4n) is 3.81. The monoisotopic (exact) mass is 406 g/mol. The van der Waals surface area contributed by atoms with Gasteiger partial charge in [-0.15, -0.1) is 0 Å². The van der Waals surface area contributed by atoms with E-state index in [1.165, 1.54) is 0 Å². The first-order valence-electron chi connectivity index (χ1n) is 9.58. The summed E-state index contributed by atoms with van der Waals surface area (Å²) in [5.74, 6) is 1.62. The molecule has 0 unspecified atom stereocenters. The van der Waals surface area contributed by atoms with Gasteiger partial charge < -0.3 is 20.3 Å². The fourth-order valence-corrected chi connectivity index (χ4v) is 3.98. The number of halogens is 2. The first-order chi connectivity index (χ1) is 13.6. The maximum Gasteiger partial charge on any atom is 0.227 e. The van der Waals surface area contributed by atoms with Crippen LogP contribution in [0.3, 0.4) is 0 Å². The highest BCUT2D eigenvalue weighted by Gasteiger charge is 2.40. The average molecular weight is 407 g/mol. The highest BCUT2D eigenvalue weighted by Crippen LogP contribution is 2.34. The normalized spacial score (nSPS) is 20.8. The molecule has 2 aromatic heterocycles. The number of alkyl halides is 1. The van der Waals surface area contributed by atoms with Crippen LogP contribution in [0, 0.1) is 0 Å². The zero-order valence-corrected chi connectivity index (χ0v) is 16.6. The Morgan fingerprint density at radius 2 is 2.21 bits per heavy atom. The summed E-state index contributed by atoms with van der Waals surface area (Å²) in [6, 6.07) is 4.00. The number of ether oxygens (including phenoxy) is 1. The summed E-state index contributed by atoms with van der Waals surface area (Å²) in [5.41, 5.74) is 7.19. The molecule has 2 bridgehead atoms. The lowest BCUT2D eigenvalue weighted by atomic mass is 10.2. The molecule has 2 aromatic rings. The number of fused-ring (bicyclic) bond motifs is 2. The van der Waals surface area contributed by atoms with E-state index in [1.54, 1.807) is 12.3 Å². The molecule has 0 amide bonds. The van der Waals surface area contributed by atoms with Crippen LogP contribution in [-0.4, -0.2) is 60.0 Å². The van der Waals surface area contributed by atoms with Crippen molar-refractivity contribution >= 4 is 29.2 Å². The van der Waals surface area contributed by atoms with E-state index in [2.05, 4.69) is 16.8 Å². The molecule has 2 aliphatic rings. The minimum atomic E-state index is -0.458. The van der Waals surface area contributed by atoms with Gasteiger partial charge in [0.05, 0.1) is 29.5 Å². The third-order valence-corrected chi connectivity index (χ3v) is 5.49. The molecule has 4 rings (SSSR count). The van der Waals surface area contributed by atoms with Gasteiger partial charge in [0.15, 0.2) is 0 Å². The largest absolute Gasteiger partial charge is 0.382 e. The van der Waals surface area contributed by atoms with E-state index in [0.29, 0.717) is 35.9 Å². The number of morpholine rings is 1. The smallest absolute Gasteiger partial charge is 0.227 e. The number of nitrogens with two attached hydrogens (primary N) is 1. The Bertz CT molecular complexity index is 847. The molecule has 2 fully saturated rings. The second kappa shape index (κ2) is 8.05. The standard InChI is InChI=1S/C19H24ClFN6O/c1-2-4-26(5-3-21)19-24-16(12-6-15(20)18(22)23-9-12)8-17(25-19)27-10-14-7-13(27)11-28-14/h6,8-9,13-14H,2-5,7,10-11H2,1H3,(H2,22,23)/t13-,14-/m0/s1. The number of nitrogens with zero attached hydrogens (tertiary/aromatic N) is 5. The van der Waals surface area contributed by atoms with E-state index >= 15 is 0 Å². The van der Waals surface area contributed by atoms with Gasteiger partial charge in [-0.2, -0.15) is 4.98 Å². The second-order valence-electron chi connectivity index (χ2n) is 7.18. The summed E-state index contributed by atoms with van der Waals surface area (Å²) >= 11 is 6.17. The van der Waals surface area contributed by atoms with Gasteiger partial charge >= 0.3 is 0 Å². The van der Waals surface area contributed by atoms with Gasteiger partial charge in [0.1, 0.15) is 18.3 Å². The minimum Gasteiger partial charge on any atom is -0.382 e. The first-order valence-corrected chi connectivity index (χ1v) is 9.96. The van der Waals surface area contributed by atoms with Crippen molar-refractivity contribution < 1.29 is 9.13 Å². The Labute approximate surface area is 168 Å². The molecule has 9 heteroatoms. The van der Waals surface area contributed by atoms with Crippen LogP contribution in [0.4, 0.5) is 22.0 Å². The van der Waals surface area contributed by atoms with Crippen molar-refractivity contribution in [3.63, 3.8) is 0 Å². The van der Waals surface area contributed by atoms with E-state index in [4.69, 9.17) is 32.0 Å². The van der Waals surface area contributed by atoms with Crippen LogP contribution in [0.2, 0.25) is 5.02 Å². The van der Waals surface area contributed by atoms with Crippen molar-refractivity contribution in [1.82, 2.24) is 15.0 Å². The number of rotatable bonds is 7. The van der Waals surface area contributed by atoms with Gasteiger partial charge in [0.25, 0.3) is 0 Å². The van der Waals surface area contributed by atoms with E-state index in [0.717, 1.165) is 30.8 Å². The third kappa shape index (κ3) is 3.71. The van der Waals surface area contributed by atoms with Crippen molar-refractivity contribution in [2.24, 2.45) is 0 Å². The molecule has 0 radical (unpaired) electrons. The lowest BCUT2D eigenvalue weighted by Crippen LogP contribution is -2.38. The molecule has 2 N–H and O–H groups in total. The SMILES string of the molecule is CCCN(CCF)c1nc(-c2cnc(N)c(Cl)c2)cc(N2C[C@@H]3C[C@H]2CO3)n1. The second-order valence-corrected chi connectivity index (χ2v) is 7.58. The van der Waals surface area contributed by atoms with Crippen molar-refractivity contribution in [1.29, 1.82) is 0 Å². The predicted octanol–water partition coefficient (Wildman–Crippen LogP) is 2.94. The Balaban J connectivity index is 1.77. The first kappa shape index (κ1) is 19.1. The van der Waals surface area contributed by atoms with Crippen LogP contribution < -0.4 is 15.5 Å². The molecule has 7 nitrogen and oxygen atoms in total. The lowest BCUT2D eigenvalue weighted by molar-refractivity contribution is 0.0989. The molecule has 4 heterocycles. The van der Waals surface area contributed by atoms with Crippen LogP contribution in [0.15, 0.2) is 18.3 Å². The zero-order valence-electron chi connectivity index (χ0n) is 15.8. The predicted molar refractivity (Wildman–Crippen MR) is 109 cm³/mol. The molecule has 2 atom stereocenters. The summed E-state index contributed by atoms with van der Waals surface area (Å²) in [6.45, 7) is 4.04. The Hall–Kier alpha value is -2.19. The average Bonchev–Trinajstić information content (AvgIpc) is 3.33. The van der Waals surface area contributed by atoms with Gasteiger partial charge in [-0.1, -0.05) is 18.5 Å². The summed E-state index contributed by atoms with van der Waals surface area (Å²) in [6.07, 6.45) is 3.78. The maximum absolute atomic E-state index is 13.1. The number of pyridine rings is 1. The molecular formula is C19H24ClFN6O. The minimum absolute atomic E-state index is 0.247. The highest BCUT2D eigenvalue weighted by atomic mass is 35.5. The van der Waals surface area contributed by atoms with Gasteiger partial charge in [-0.05, 0) is 18.9 Å². The van der Waals surface area contributed by atoms with Crippen LogP contribution in [0.25, 0.3) is 11.3 Å². The van der Waals surface area contributed by atoms with Gasteiger partial charge in [-0.25, -0.2) is 14.4 Å². The van der Waals surface area contributed by atoms with Crippen molar-refractivity contribution in [3.05, 3.63) is 23.4 Å². The molecule has 2 saturated heterocycles. The van der Waals surface area contributed by atoms with Crippen molar-refractivity contribution in [3.8, 4) is 11.3 Å². The fraction of sp³-hybridized carbons (Fsp3) is 0.526. The molecule has 0 spiro atoms. The summed E-state index contributed by atoms with van der Waals surface area (Å²) < 4.78 is 18.8. The van der Waals surface area contributed by atoms with Gasteiger partial charge in [-0.3, -0.25) is 0 Å². The van der Waals surface area contributed by atoms with E-state index in [-0.39, 0.29) is 18.5 Å². The number of nitrogen functional groups attached to an aromatic ring is 1. The van der Waals surface area contributed by atoms with Crippen LogP contribution in [0.5, 0.6) is 0 Å². The quantitative estimate of drug-likeness (QED) is 0.757. The van der Waals surface area contributed by atoms with Crippen molar-refractivity contribution in [2.75, 3.05) is 48.4 Å². The van der Waals surface area contributed by atoms with Crippen LogP contribution >= 0.6 is 11.6 Å². The third-order valence-electron chi connectivity index (χ3n) is 5.19. The maximum atomic E-state index is 13.1. The number of anilines is 3. The summed E-state index contributed by atoms with van der Waals surface area (Å²) in [4.78, 5) is 17.8. The Kier molecular flexibility index (Phi) is 5.50. The molecule has 0 aromatic carbocycles. The molecule has 2 aliphatic heterocycles. The molecular weight excluding hydrogens is 383 g/mol. The van der Waals surface area contributed by atoms with Gasteiger partial charge in [0.2, 0.25) is 5.95 Å². The van der Waals surface area contributed by atoms with Crippen LogP contribution in [0.1, 0.15) is 19.8 Å². The highest BCUT2D eigenvalue weighted by molar-refractivity contribution is 6.33. The van der Waals surface area contributed by atoms with E-state index < -0.39 is 6.67 Å². The number of hydrogen-bond donors (Lipinski definition) is 1.